The Kier molecular flexibility index (Phi) is 2.52. The Morgan fingerprint density at radius 2 is 2.35 bits per heavy atom. The number of thiophene rings is 1. The smallest absolute Gasteiger partial charge is 0.244 e. The summed E-state index contributed by atoms with van der Waals surface area (Å²) in [6.45, 7) is 4.10. The molecule has 1 aliphatic carbocycles. The molecule has 0 radical (unpaired) electrons. The minimum absolute atomic E-state index is 0.0891. The maximum absolute atomic E-state index is 12.5. The summed E-state index contributed by atoms with van der Waals surface area (Å²) in [6, 6.07) is 2.58. The first-order valence-corrected chi connectivity index (χ1v) is 7.22. The van der Waals surface area contributed by atoms with E-state index < -0.39 is 0 Å². The molecule has 0 spiro atoms. The molecule has 2 unspecified atom stereocenters. The molecule has 1 aromatic heterocycles. The van der Waals surface area contributed by atoms with Crippen LogP contribution in [0.1, 0.15) is 44.8 Å². The van der Waals surface area contributed by atoms with Gasteiger partial charge < -0.3 is 4.90 Å². The standard InChI is InChI=1S/C13H18N2OS/c1-3-13(2)12(16)15(10-4-5-10)11(14-13)9-6-7-17-8-9/h6-8,10-11,14H,3-5H2,1-2H3. The Bertz CT molecular complexity index is 427. The van der Waals surface area contributed by atoms with E-state index in [4.69, 9.17) is 0 Å². The highest BCUT2D eigenvalue weighted by Crippen LogP contribution is 2.41. The van der Waals surface area contributed by atoms with Gasteiger partial charge in [-0.25, -0.2) is 0 Å². The molecule has 1 aromatic rings. The van der Waals surface area contributed by atoms with Gasteiger partial charge in [-0.1, -0.05) is 6.92 Å². The lowest BCUT2D eigenvalue weighted by Gasteiger charge is -2.23. The molecule has 2 atom stereocenters. The van der Waals surface area contributed by atoms with Crippen molar-refractivity contribution in [3.8, 4) is 0 Å². The Labute approximate surface area is 106 Å². The van der Waals surface area contributed by atoms with Gasteiger partial charge in [0.1, 0.15) is 6.17 Å². The minimum Gasteiger partial charge on any atom is -0.318 e. The van der Waals surface area contributed by atoms with Crippen LogP contribution in [-0.2, 0) is 4.79 Å². The Hall–Kier alpha value is -0.870. The van der Waals surface area contributed by atoms with E-state index in [1.54, 1.807) is 11.3 Å². The fourth-order valence-corrected chi connectivity index (χ4v) is 3.17. The fraction of sp³-hybridized carbons (Fsp3) is 0.615. The van der Waals surface area contributed by atoms with E-state index in [0.717, 1.165) is 19.3 Å². The number of carbonyl (C=O) groups excluding carboxylic acids is 1. The van der Waals surface area contributed by atoms with Crippen molar-refractivity contribution in [1.82, 2.24) is 10.2 Å². The van der Waals surface area contributed by atoms with Crippen LogP contribution in [-0.4, -0.2) is 22.4 Å². The third kappa shape index (κ3) is 1.70. The van der Waals surface area contributed by atoms with E-state index >= 15 is 0 Å². The summed E-state index contributed by atoms with van der Waals surface area (Å²) >= 11 is 1.69. The van der Waals surface area contributed by atoms with Gasteiger partial charge in [-0.3, -0.25) is 10.1 Å². The molecular formula is C13H18N2OS. The first-order chi connectivity index (χ1) is 8.15. The van der Waals surface area contributed by atoms with Crippen LogP contribution in [0.3, 0.4) is 0 Å². The quantitative estimate of drug-likeness (QED) is 0.894. The van der Waals surface area contributed by atoms with E-state index in [2.05, 4.69) is 34.0 Å². The first-order valence-electron chi connectivity index (χ1n) is 6.28. The number of hydrogen-bond donors (Lipinski definition) is 1. The van der Waals surface area contributed by atoms with Crippen molar-refractivity contribution in [2.45, 2.75) is 50.9 Å². The highest BCUT2D eigenvalue weighted by Gasteiger charge is 2.51. The maximum Gasteiger partial charge on any atom is 0.244 e. The topological polar surface area (TPSA) is 32.3 Å². The molecule has 3 nitrogen and oxygen atoms in total. The highest BCUT2D eigenvalue weighted by atomic mass is 32.1. The molecular weight excluding hydrogens is 232 g/mol. The molecule has 1 aliphatic heterocycles. The van der Waals surface area contributed by atoms with Gasteiger partial charge in [0, 0.05) is 6.04 Å². The van der Waals surface area contributed by atoms with Crippen LogP contribution >= 0.6 is 11.3 Å². The number of nitrogens with one attached hydrogen (secondary N) is 1. The van der Waals surface area contributed by atoms with Gasteiger partial charge in [0.25, 0.3) is 0 Å². The van der Waals surface area contributed by atoms with Crippen LogP contribution in [0.25, 0.3) is 0 Å². The Morgan fingerprint density at radius 1 is 1.59 bits per heavy atom. The van der Waals surface area contributed by atoms with Crippen molar-refractivity contribution in [2.24, 2.45) is 0 Å². The predicted octanol–water partition coefficient (Wildman–Crippen LogP) is 2.51. The lowest BCUT2D eigenvalue weighted by atomic mass is 9.99. The van der Waals surface area contributed by atoms with Gasteiger partial charge in [-0.2, -0.15) is 11.3 Å². The second-order valence-corrected chi connectivity index (χ2v) is 6.01. The average molecular weight is 250 g/mol. The van der Waals surface area contributed by atoms with Gasteiger partial charge in [0.05, 0.1) is 5.54 Å². The number of nitrogens with zero attached hydrogens (tertiary/aromatic N) is 1. The average Bonchev–Trinajstić information content (AvgIpc) is 2.93. The van der Waals surface area contributed by atoms with Crippen LogP contribution < -0.4 is 5.32 Å². The highest BCUT2D eigenvalue weighted by molar-refractivity contribution is 7.07. The molecule has 1 N–H and O–H groups in total. The van der Waals surface area contributed by atoms with Crippen molar-refractivity contribution in [3.05, 3.63) is 22.4 Å². The normalized spacial score (nSPS) is 33.4. The lowest BCUT2D eigenvalue weighted by Crippen LogP contribution is -2.43. The zero-order valence-corrected chi connectivity index (χ0v) is 11.1. The number of carbonyl (C=O) groups is 1. The summed E-state index contributed by atoms with van der Waals surface area (Å²) in [5.74, 6) is 0.277. The van der Waals surface area contributed by atoms with Crippen LogP contribution in [0, 0.1) is 0 Å². The van der Waals surface area contributed by atoms with E-state index in [0.29, 0.717) is 6.04 Å². The minimum atomic E-state index is -0.380. The summed E-state index contributed by atoms with van der Waals surface area (Å²) in [5, 5.41) is 7.74. The monoisotopic (exact) mass is 250 g/mol. The van der Waals surface area contributed by atoms with Crippen LogP contribution in [0.5, 0.6) is 0 Å². The molecule has 3 rings (SSSR count). The molecule has 2 heterocycles. The predicted molar refractivity (Wildman–Crippen MR) is 68.8 cm³/mol. The molecule has 0 bridgehead atoms. The summed E-state index contributed by atoms with van der Waals surface area (Å²) < 4.78 is 0. The Morgan fingerprint density at radius 3 is 2.88 bits per heavy atom. The number of rotatable bonds is 3. The van der Waals surface area contributed by atoms with E-state index in [1.807, 2.05) is 6.92 Å². The molecule has 1 saturated heterocycles. The van der Waals surface area contributed by atoms with Gasteiger partial charge in [-0.05, 0) is 48.6 Å². The first kappa shape index (κ1) is 11.2. The Balaban J connectivity index is 1.95. The van der Waals surface area contributed by atoms with Gasteiger partial charge >= 0.3 is 0 Å². The molecule has 92 valence electrons. The third-order valence-corrected chi connectivity index (χ3v) is 4.65. The molecule has 0 aromatic carbocycles. The van der Waals surface area contributed by atoms with E-state index in [-0.39, 0.29) is 17.6 Å². The van der Waals surface area contributed by atoms with Crippen LogP contribution in [0.15, 0.2) is 16.8 Å². The molecule has 1 saturated carbocycles. The zero-order chi connectivity index (χ0) is 12.0. The largest absolute Gasteiger partial charge is 0.318 e. The summed E-state index contributed by atoms with van der Waals surface area (Å²) in [7, 11) is 0. The van der Waals surface area contributed by atoms with Gasteiger partial charge in [0.2, 0.25) is 5.91 Å². The van der Waals surface area contributed by atoms with Crippen LogP contribution in [0.4, 0.5) is 0 Å². The van der Waals surface area contributed by atoms with Gasteiger partial charge in [-0.15, -0.1) is 0 Å². The summed E-state index contributed by atoms with van der Waals surface area (Å²) in [6.07, 6.45) is 3.25. The van der Waals surface area contributed by atoms with E-state index in [9.17, 15) is 4.79 Å². The second kappa shape index (κ2) is 3.82. The van der Waals surface area contributed by atoms with Gasteiger partial charge in [0.15, 0.2) is 0 Å². The number of hydrogen-bond acceptors (Lipinski definition) is 3. The summed E-state index contributed by atoms with van der Waals surface area (Å²) in [5.41, 5.74) is 0.849. The van der Waals surface area contributed by atoms with Crippen molar-refractivity contribution < 1.29 is 4.79 Å². The number of amides is 1. The molecule has 2 aliphatic rings. The lowest BCUT2D eigenvalue weighted by molar-refractivity contribution is -0.133. The van der Waals surface area contributed by atoms with Crippen molar-refractivity contribution in [3.63, 3.8) is 0 Å². The molecule has 2 fully saturated rings. The molecule has 4 heteroatoms. The van der Waals surface area contributed by atoms with Crippen molar-refractivity contribution in [2.75, 3.05) is 0 Å². The van der Waals surface area contributed by atoms with Crippen molar-refractivity contribution >= 4 is 17.2 Å². The molecule has 17 heavy (non-hydrogen) atoms. The molecule has 1 amide bonds. The SMILES string of the molecule is CCC1(C)NC(c2ccsc2)N(C2CC2)C1=O. The van der Waals surface area contributed by atoms with Crippen molar-refractivity contribution in [1.29, 1.82) is 0 Å². The van der Waals surface area contributed by atoms with Crippen LogP contribution in [0.2, 0.25) is 0 Å². The maximum atomic E-state index is 12.5. The van der Waals surface area contributed by atoms with E-state index in [1.165, 1.54) is 5.56 Å². The fourth-order valence-electron chi connectivity index (χ4n) is 2.49. The zero-order valence-electron chi connectivity index (χ0n) is 10.3. The second-order valence-electron chi connectivity index (χ2n) is 5.23. The summed E-state index contributed by atoms with van der Waals surface area (Å²) in [4.78, 5) is 14.6. The third-order valence-electron chi connectivity index (χ3n) is 3.95.